The molecule has 0 bridgehead atoms. The number of unbranched alkanes of at least 4 members (excludes halogenated alkanes) is 1. The van der Waals surface area contributed by atoms with Crippen LogP contribution in [0.4, 0.5) is 0 Å². The van der Waals surface area contributed by atoms with Crippen LogP contribution in [-0.2, 0) is 12.8 Å². The number of ether oxygens (including phenoxy) is 2. The normalized spacial score (nSPS) is 10.7. The number of hydrogen-bond acceptors (Lipinski definition) is 7. The van der Waals surface area contributed by atoms with Crippen LogP contribution in [0.2, 0.25) is 0 Å². The smallest absolute Gasteiger partial charge is 0.343 e. The lowest BCUT2D eigenvalue weighted by Crippen LogP contribution is -2.14. The quantitative estimate of drug-likeness (QED) is 0.296. The fraction of sp³-hybridized carbons (Fsp3) is 0.286. The topological polar surface area (TPSA) is 83.6 Å². The van der Waals surface area contributed by atoms with E-state index in [1.54, 1.807) is 30.5 Å². The Labute approximate surface area is 172 Å². The number of esters is 1. The Balaban J connectivity index is 1.58. The monoisotopic (exact) mass is 414 g/mol. The predicted octanol–water partition coefficient (Wildman–Crippen LogP) is 4.06. The van der Waals surface area contributed by atoms with E-state index < -0.39 is 11.4 Å². The maximum absolute atomic E-state index is 12.3. The van der Waals surface area contributed by atoms with Gasteiger partial charge >= 0.3 is 5.97 Å². The molecular formula is C21H22N2O5S. The van der Waals surface area contributed by atoms with Crippen LogP contribution < -0.4 is 14.9 Å². The molecule has 0 fully saturated rings. The summed E-state index contributed by atoms with van der Waals surface area (Å²) in [6.07, 6.45) is 6.72. The average Bonchev–Trinajstić information content (AvgIpc) is 3.13. The zero-order valence-corrected chi connectivity index (χ0v) is 17.1. The molecule has 3 aromatic rings. The van der Waals surface area contributed by atoms with Gasteiger partial charge in [0.2, 0.25) is 11.2 Å². The lowest BCUT2D eigenvalue weighted by Gasteiger charge is -2.07. The second-order valence-corrected chi connectivity index (χ2v) is 7.24. The number of nitrogens with zero attached hydrogens (tertiary/aromatic N) is 2. The largest absolute Gasteiger partial charge is 0.494 e. The van der Waals surface area contributed by atoms with Gasteiger partial charge in [0.05, 0.1) is 17.9 Å². The first-order valence-electron chi connectivity index (χ1n) is 9.23. The van der Waals surface area contributed by atoms with Crippen LogP contribution in [0, 0.1) is 0 Å². The van der Waals surface area contributed by atoms with E-state index in [2.05, 4.69) is 11.9 Å². The number of benzene rings is 1. The van der Waals surface area contributed by atoms with E-state index >= 15 is 0 Å². The molecule has 0 spiro atoms. The first kappa shape index (κ1) is 20.7. The summed E-state index contributed by atoms with van der Waals surface area (Å²) < 4.78 is 18.1. The molecule has 0 amide bonds. The van der Waals surface area contributed by atoms with Crippen molar-refractivity contribution < 1.29 is 18.7 Å². The molecule has 0 saturated heterocycles. The van der Waals surface area contributed by atoms with Crippen molar-refractivity contribution in [2.75, 3.05) is 6.61 Å². The summed E-state index contributed by atoms with van der Waals surface area (Å²) in [4.78, 5) is 28.7. The van der Waals surface area contributed by atoms with E-state index in [9.17, 15) is 9.59 Å². The number of hydrogen-bond donors (Lipinski definition) is 0. The number of imidazole rings is 1. The maximum atomic E-state index is 12.3. The van der Waals surface area contributed by atoms with Gasteiger partial charge in [0, 0.05) is 25.5 Å². The molecule has 2 heterocycles. The van der Waals surface area contributed by atoms with Crippen LogP contribution in [0.3, 0.4) is 0 Å². The molecule has 8 heteroatoms. The lowest BCUT2D eigenvalue weighted by atomic mass is 10.2. The Morgan fingerprint density at radius 2 is 2.07 bits per heavy atom. The molecule has 152 valence electrons. The standard InChI is InChI=1S/C21H22N2O5S/c1-3-4-11-26-16-7-5-15(6-8-16)20(25)28-19-13-27-17(12-18(19)24)14-29-21-22-9-10-23(21)2/h5-10,12-13H,3-4,11,14H2,1-2H3. The number of aryl methyl sites for hydroxylation is 1. The van der Waals surface area contributed by atoms with Gasteiger partial charge in [-0.3, -0.25) is 4.79 Å². The highest BCUT2D eigenvalue weighted by Gasteiger charge is 2.13. The van der Waals surface area contributed by atoms with Crippen molar-refractivity contribution in [1.82, 2.24) is 9.55 Å². The molecule has 29 heavy (non-hydrogen) atoms. The van der Waals surface area contributed by atoms with Gasteiger partial charge in [-0.25, -0.2) is 9.78 Å². The Morgan fingerprint density at radius 3 is 2.72 bits per heavy atom. The fourth-order valence-electron chi connectivity index (χ4n) is 2.40. The van der Waals surface area contributed by atoms with Crippen molar-refractivity contribution in [1.29, 1.82) is 0 Å². The Morgan fingerprint density at radius 1 is 1.28 bits per heavy atom. The molecular weight excluding hydrogens is 392 g/mol. The van der Waals surface area contributed by atoms with Crippen molar-refractivity contribution in [3.63, 3.8) is 0 Å². The molecule has 3 rings (SSSR count). The summed E-state index contributed by atoms with van der Waals surface area (Å²) in [7, 11) is 1.89. The van der Waals surface area contributed by atoms with E-state index in [4.69, 9.17) is 13.9 Å². The van der Waals surface area contributed by atoms with Crippen molar-refractivity contribution in [2.45, 2.75) is 30.7 Å². The molecule has 0 radical (unpaired) electrons. The number of carbonyl (C=O) groups excluding carboxylic acids is 1. The van der Waals surface area contributed by atoms with Gasteiger partial charge < -0.3 is 18.5 Å². The van der Waals surface area contributed by atoms with Gasteiger partial charge in [-0.15, -0.1) is 0 Å². The zero-order valence-electron chi connectivity index (χ0n) is 16.3. The van der Waals surface area contributed by atoms with Crippen LogP contribution in [0.1, 0.15) is 35.9 Å². The summed E-state index contributed by atoms with van der Waals surface area (Å²) in [5.41, 5.74) is -0.0961. The number of aromatic nitrogens is 2. The average molecular weight is 414 g/mol. The molecule has 0 aliphatic rings. The van der Waals surface area contributed by atoms with Crippen LogP contribution in [-0.4, -0.2) is 22.1 Å². The minimum atomic E-state index is -0.632. The number of carbonyl (C=O) groups is 1. The third-order valence-corrected chi connectivity index (χ3v) is 5.11. The Kier molecular flexibility index (Phi) is 7.13. The van der Waals surface area contributed by atoms with Gasteiger partial charge in [0.15, 0.2) is 5.16 Å². The van der Waals surface area contributed by atoms with E-state index in [0.717, 1.165) is 24.3 Å². The van der Waals surface area contributed by atoms with Gasteiger partial charge in [-0.2, -0.15) is 0 Å². The molecule has 0 unspecified atom stereocenters. The van der Waals surface area contributed by atoms with Crippen LogP contribution >= 0.6 is 11.8 Å². The highest BCUT2D eigenvalue weighted by atomic mass is 32.2. The van der Waals surface area contributed by atoms with E-state index in [1.165, 1.54) is 17.8 Å². The Hall–Kier alpha value is -3.00. The highest BCUT2D eigenvalue weighted by molar-refractivity contribution is 7.98. The van der Waals surface area contributed by atoms with Crippen LogP contribution in [0.25, 0.3) is 0 Å². The molecule has 2 aromatic heterocycles. The van der Waals surface area contributed by atoms with E-state index in [0.29, 0.717) is 29.4 Å². The summed E-state index contributed by atoms with van der Waals surface area (Å²) in [5, 5.41) is 0.810. The lowest BCUT2D eigenvalue weighted by molar-refractivity contribution is 0.0728. The number of thioether (sulfide) groups is 1. The van der Waals surface area contributed by atoms with Crippen molar-refractivity contribution in [2.24, 2.45) is 7.05 Å². The molecule has 0 N–H and O–H groups in total. The molecule has 1 aromatic carbocycles. The van der Waals surface area contributed by atoms with Crippen LogP contribution in [0.5, 0.6) is 11.5 Å². The summed E-state index contributed by atoms with van der Waals surface area (Å²) in [6.45, 7) is 2.72. The summed E-state index contributed by atoms with van der Waals surface area (Å²) >= 11 is 1.44. The third kappa shape index (κ3) is 5.74. The molecule has 0 atom stereocenters. The van der Waals surface area contributed by atoms with Crippen LogP contribution in [0.15, 0.2) is 63.4 Å². The Bertz CT molecular complexity index is 1010. The first-order valence-corrected chi connectivity index (χ1v) is 10.2. The minimum absolute atomic E-state index is 0.149. The molecule has 0 aliphatic carbocycles. The summed E-state index contributed by atoms with van der Waals surface area (Å²) in [6, 6.07) is 7.93. The zero-order chi connectivity index (χ0) is 20.6. The predicted molar refractivity (Wildman–Crippen MR) is 110 cm³/mol. The number of rotatable bonds is 9. The summed E-state index contributed by atoms with van der Waals surface area (Å²) in [5.74, 6) is 0.811. The second kappa shape index (κ2) is 9.97. The van der Waals surface area contributed by atoms with Gasteiger partial charge in [0.1, 0.15) is 17.8 Å². The van der Waals surface area contributed by atoms with E-state index in [1.807, 2.05) is 17.8 Å². The second-order valence-electron chi connectivity index (χ2n) is 6.30. The SMILES string of the molecule is CCCCOc1ccc(C(=O)Oc2coc(CSc3nccn3C)cc2=O)cc1. The van der Waals surface area contributed by atoms with E-state index in [-0.39, 0.29) is 5.75 Å². The van der Waals surface area contributed by atoms with Gasteiger partial charge in [-0.05, 0) is 30.7 Å². The van der Waals surface area contributed by atoms with Crippen molar-refractivity contribution in [3.8, 4) is 11.5 Å². The highest BCUT2D eigenvalue weighted by Crippen LogP contribution is 2.21. The molecule has 0 aliphatic heterocycles. The fourth-order valence-corrected chi connectivity index (χ4v) is 3.22. The maximum Gasteiger partial charge on any atom is 0.343 e. The first-order chi connectivity index (χ1) is 14.1. The molecule has 0 saturated carbocycles. The van der Waals surface area contributed by atoms with Crippen molar-refractivity contribution in [3.05, 3.63) is 70.5 Å². The third-order valence-electron chi connectivity index (χ3n) is 4.03. The van der Waals surface area contributed by atoms with Gasteiger partial charge in [-0.1, -0.05) is 25.1 Å². The minimum Gasteiger partial charge on any atom is -0.494 e. The van der Waals surface area contributed by atoms with Crippen molar-refractivity contribution >= 4 is 17.7 Å². The van der Waals surface area contributed by atoms with Gasteiger partial charge in [0.25, 0.3) is 0 Å². The molecule has 7 nitrogen and oxygen atoms in total.